The van der Waals surface area contributed by atoms with Gasteiger partial charge in [0.1, 0.15) is 11.1 Å². The van der Waals surface area contributed by atoms with E-state index in [1.54, 1.807) is 12.1 Å². The molecule has 3 aliphatic rings. The number of nitrogens with one attached hydrogen (secondary N) is 1. The number of hydrogen-bond donors (Lipinski definition) is 1. The van der Waals surface area contributed by atoms with Crippen LogP contribution in [0.5, 0.6) is 0 Å². The number of fused-ring (bicyclic) bond motifs is 3. The Bertz CT molecular complexity index is 1240. The van der Waals surface area contributed by atoms with E-state index in [9.17, 15) is 19.7 Å². The number of Topliss-reactive ketones (excluding diaryl/α,β-unsaturated/α-hetero) is 1. The third-order valence-corrected chi connectivity index (χ3v) is 8.67. The van der Waals surface area contributed by atoms with Crippen LogP contribution in [0.1, 0.15) is 45.6 Å². The van der Waals surface area contributed by atoms with Gasteiger partial charge in [-0.3, -0.25) is 25.1 Å². The third-order valence-electron chi connectivity index (χ3n) is 8.67. The molecule has 2 fully saturated rings. The van der Waals surface area contributed by atoms with Crippen LogP contribution in [-0.2, 0) is 16.0 Å². The minimum absolute atomic E-state index is 0.0198. The highest BCUT2D eigenvalue weighted by atomic mass is 16.6. The molecule has 1 amide bonds. The van der Waals surface area contributed by atoms with Crippen molar-refractivity contribution in [3.05, 3.63) is 64.2 Å². The number of nitro groups is 1. The second-order valence-corrected chi connectivity index (χ2v) is 10.3. The van der Waals surface area contributed by atoms with E-state index in [0.29, 0.717) is 30.8 Å². The van der Waals surface area contributed by atoms with Crippen molar-refractivity contribution < 1.29 is 14.5 Å². The lowest BCUT2D eigenvalue weighted by atomic mass is 9.64. The van der Waals surface area contributed by atoms with Crippen molar-refractivity contribution in [2.45, 2.75) is 46.5 Å². The molecule has 2 aromatic rings. The molecule has 8 nitrogen and oxygen atoms in total. The second kappa shape index (κ2) is 7.48. The molecule has 0 aromatic heterocycles. The summed E-state index contributed by atoms with van der Waals surface area (Å²) >= 11 is 0. The Hall–Kier alpha value is -3.55. The van der Waals surface area contributed by atoms with E-state index in [1.807, 2.05) is 49.9 Å². The summed E-state index contributed by atoms with van der Waals surface area (Å²) in [5, 5.41) is 15.4. The van der Waals surface area contributed by atoms with Crippen molar-refractivity contribution in [3.63, 3.8) is 0 Å². The molecule has 2 bridgehead atoms. The highest BCUT2D eigenvalue weighted by molar-refractivity contribution is 6.51. The summed E-state index contributed by atoms with van der Waals surface area (Å²) in [7, 11) is 0. The molecule has 0 spiro atoms. The fraction of sp³-hybridized carbons (Fsp3) is 0.423. The molecule has 34 heavy (non-hydrogen) atoms. The summed E-state index contributed by atoms with van der Waals surface area (Å²) in [6.07, 6.45) is 2.98. The minimum Gasteiger partial charge on any atom is -0.311 e. The molecule has 8 heteroatoms. The Kier molecular flexibility index (Phi) is 4.90. The van der Waals surface area contributed by atoms with Gasteiger partial charge in [-0.1, -0.05) is 39.0 Å². The lowest BCUT2D eigenvalue weighted by Crippen LogP contribution is -2.53. The third kappa shape index (κ3) is 2.80. The van der Waals surface area contributed by atoms with Gasteiger partial charge < -0.3 is 4.90 Å². The van der Waals surface area contributed by atoms with Gasteiger partial charge in [0.05, 0.1) is 10.6 Å². The van der Waals surface area contributed by atoms with E-state index in [-0.39, 0.29) is 17.4 Å². The lowest BCUT2D eigenvalue weighted by molar-refractivity contribution is -0.384. The number of benzene rings is 2. The second-order valence-electron chi connectivity index (χ2n) is 10.3. The average Bonchev–Trinajstić information content (AvgIpc) is 3.11. The lowest BCUT2D eigenvalue weighted by Gasteiger charge is -2.41. The first-order valence-corrected chi connectivity index (χ1v) is 11.7. The maximum absolute atomic E-state index is 14.2. The van der Waals surface area contributed by atoms with E-state index in [0.717, 1.165) is 24.1 Å². The molecule has 2 unspecified atom stereocenters. The fourth-order valence-electron chi connectivity index (χ4n) is 6.20. The highest BCUT2D eigenvalue weighted by Crippen LogP contribution is 2.70. The number of carbonyl (C=O) groups is 2. The molecular weight excluding hydrogens is 432 g/mol. The van der Waals surface area contributed by atoms with Gasteiger partial charge in [-0.2, -0.15) is 5.10 Å². The van der Waals surface area contributed by atoms with E-state index < -0.39 is 21.2 Å². The van der Waals surface area contributed by atoms with Gasteiger partial charge in [-0.25, -0.2) is 0 Å². The van der Waals surface area contributed by atoms with Crippen molar-refractivity contribution in [1.29, 1.82) is 0 Å². The smallest absolute Gasteiger partial charge is 0.269 e. The van der Waals surface area contributed by atoms with E-state index >= 15 is 0 Å². The quantitative estimate of drug-likeness (QED) is 0.403. The molecule has 1 N–H and O–H groups in total. The summed E-state index contributed by atoms with van der Waals surface area (Å²) in [5.74, 6) is -0.340. The Balaban J connectivity index is 1.51. The largest absolute Gasteiger partial charge is 0.311 e. The van der Waals surface area contributed by atoms with Crippen LogP contribution in [0.15, 0.2) is 53.6 Å². The molecule has 1 heterocycles. The van der Waals surface area contributed by atoms with Crippen LogP contribution in [0.3, 0.4) is 0 Å². The maximum atomic E-state index is 14.2. The van der Waals surface area contributed by atoms with E-state index in [4.69, 9.17) is 0 Å². The Labute approximate surface area is 198 Å². The number of anilines is 2. The van der Waals surface area contributed by atoms with Crippen LogP contribution in [0.2, 0.25) is 0 Å². The average molecular weight is 461 g/mol. The zero-order valence-corrected chi connectivity index (χ0v) is 19.6. The predicted molar refractivity (Wildman–Crippen MR) is 130 cm³/mol. The molecule has 176 valence electrons. The number of carbonyl (C=O) groups excluding carboxylic acids is 2. The number of hydrazone groups is 1. The number of nitro benzene ring substituents is 1. The fourth-order valence-corrected chi connectivity index (χ4v) is 6.20. The number of aryl methyl sites for hydroxylation is 1. The van der Waals surface area contributed by atoms with Crippen molar-refractivity contribution in [1.82, 2.24) is 0 Å². The van der Waals surface area contributed by atoms with Crippen LogP contribution in [-0.4, -0.2) is 28.9 Å². The molecule has 1 aliphatic heterocycles. The number of rotatable bonds is 4. The summed E-state index contributed by atoms with van der Waals surface area (Å²) in [6.45, 7) is 6.65. The SMILES string of the molecule is CC12CCC(C(=O)N3CCCc4ccccc43)(C(=O)C1=NNc1ccc([N+](=O)[O-])cc1)C2(C)C. The molecular formula is C26H28N4O4. The number of amides is 1. The Morgan fingerprint density at radius 1 is 1.09 bits per heavy atom. The van der Waals surface area contributed by atoms with Crippen LogP contribution in [0.4, 0.5) is 17.1 Å². The minimum atomic E-state index is -1.16. The number of ketones is 1. The van der Waals surface area contributed by atoms with Crippen LogP contribution >= 0.6 is 0 Å². The number of para-hydroxylation sites is 1. The maximum Gasteiger partial charge on any atom is 0.269 e. The number of non-ortho nitro benzene ring substituents is 1. The predicted octanol–water partition coefficient (Wildman–Crippen LogP) is 4.74. The van der Waals surface area contributed by atoms with Gasteiger partial charge in [0.15, 0.2) is 5.78 Å². The summed E-state index contributed by atoms with van der Waals surface area (Å²) in [5.41, 5.74) is 3.49. The molecule has 2 aromatic carbocycles. The van der Waals surface area contributed by atoms with Gasteiger partial charge in [-0.05, 0) is 54.9 Å². The molecule has 0 saturated heterocycles. The highest BCUT2D eigenvalue weighted by Gasteiger charge is 2.77. The van der Waals surface area contributed by atoms with Crippen LogP contribution in [0.25, 0.3) is 0 Å². The standard InChI is InChI=1S/C26H28N4O4/c1-24(2)25(3)14-15-26(24,23(32)29-16-6-8-17-7-4-5-9-20(17)29)22(31)21(25)28-27-18-10-12-19(13-11-18)30(33)34/h4-5,7,9-13,27H,6,8,14-16H2,1-3H3. The van der Waals surface area contributed by atoms with Crippen LogP contribution < -0.4 is 10.3 Å². The van der Waals surface area contributed by atoms with Crippen molar-refractivity contribution in [2.24, 2.45) is 21.3 Å². The first-order chi connectivity index (χ1) is 16.1. The van der Waals surface area contributed by atoms with Crippen molar-refractivity contribution >= 4 is 34.5 Å². The molecule has 5 rings (SSSR count). The first kappa shape index (κ1) is 22.3. The normalized spacial score (nSPS) is 28.1. The van der Waals surface area contributed by atoms with E-state index in [1.165, 1.54) is 12.1 Å². The zero-order chi connectivity index (χ0) is 24.3. The molecule has 2 saturated carbocycles. The zero-order valence-electron chi connectivity index (χ0n) is 19.6. The molecule has 0 radical (unpaired) electrons. The molecule has 2 aliphatic carbocycles. The molecule has 2 atom stereocenters. The summed E-state index contributed by atoms with van der Waals surface area (Å²) < 4.78 is 0. The number of nitrogens with zero attached hydrogens (tertiary/aromatic N) is 3. The Morgan fingerprint density at radius 3 is 2.50 bits per heavy atom. The van der Waals surface area contributed by atoms with Crippen LogP contribution in [0, 0.1) is 26.4 Å². The summed E-state index contributed by atoms with van der Waals surface area (Å²) in [6, 6.07) is 13.8. The van der Waals surface area contributed by atoms with Gasteiger partial charge in [0.25, 0.3) is 5.69 Å². The van der Waals surface area contributed by atoms with Gasteiger partial charge >= 0.3 is 0 Å². The van der Waals surface area contributed by atoms with Crippen molar-refractivity contribution in [3.8, 4) is 0 Å². The Morgan fingerprint density at radius 2 is 1.79 bits per heavy atom. The van der Waals surface area contributed by atoms with Gasteiger partial charge in [0.2, 0.25) is 5.91 Å². The topological polar surface area (TPSA) is 105 Å². The number of hydrogen-bond acceptors (Lipinski definition) is 6. The monoisotopic (exact) mass is 460 g/mol. The van der Waals surface area contributed by atoms with Gasteiger partial charge in [0, 0.05) is 29.8 Å². The first-order valence-electron chi connectivity index (χ1n) is 11.7. The van der Waals surface area contributed by atoms with Gasteiger partial charge in [-0.15, -0.1) is 0 Å². The van der Waals surface area contributed by atoms with E-state index in [2.05, 4.69) is 10.5 Å². The van der Waals surface area contributed by atoms with Crippen molar-refractivity contribution in [2.75, 3.05) is 16.9 Å². The summed E-state index contributed by atoms with van der Waals surface area (Å²) in [4.78, 5) is 40.4.